The number of nitrogens with zero attached hydrogens (tertiary/aromatic N) is 2. The minimum atomic E-state index is -4.15. The van der Waals surface area contributed by atoms with Gasteiger partial charge in [-0.3, -0.25) is 13.9 Å². The van der Waals surface area contributed by atoms with Crippen LogP contribution in [0.2, 0.25) is 0 Å². The van der Waals surface area contributed by atoms with Crippen LogP contribution in [-0.2, 0) is 32.6 Å². The number of nitrogens with one attached hydrogen (secondary N) is 1. The molecule has 7 nitrogen and oxygen atoms in total. The second kappa shape index (κ2) is 14.7. The number of hydrogen-bond donors (Lipinski definition) is 1. The molecule has 0 aliphatic heterocycles. The van der Waals surface area contributed by atoms with Gasteiger partial charge in [-0.15, -0.1) is 0 Å². The molecular formula is C35H38BrN3O4S. The number of para-hydroxylation sites is 1. The molecule has 4 aromatic carbocycles. The van der Waals surface area contributed by atoms with Crippen molar-refractivity contribution in [3.05, 3.63) is 130 Å². The van der Waals surface area contributed by atoms with Gasteiger partial charge in [0.05, 0.1) is 10.6 Å². The van der Waals surface area contributed by atoms with E-state index >= 15 is 0 Å². The van der Waals surface area contributed by atoms with Gasteiger partial charge in [-0.2, -0.15) is 0 Å². The molecule has 0 bridgehead atoms. The molecular weight excluding hydrogens is 638 g/mol. The van der Waals surface area contributed by atoms with E-state index in [9.17, 15) is 18.0 Å². The number of carbonyl (C=O) groups is 2. The number of amides is 2. The Kier molecular flexibility index (Phi) is 11.0. The molecule has 230 valence electrons. The van der Waals surface area contributed by atoms with Gasteiger partial charge in [-0.25, -0.2) is 8.42 Å². The Morgan fingerprint density at radius 2 is 1.45 bits per heavy atom. The fraction of sp³-hybridized carbons (Fsp3) is 0.257. The fourth-order valence-corrected chi connectivity index (χ4v) is 6.89. The Morgan fingerprint density at radius 3 is 2.09 bits per heavy atom. The van der Waals surface area contributed by atoms with E-state index < -0.39 is 28.5 Å². The van der Waals surface area contributed by atoms with E-state index in [0.717, 1.165) is 25.5 Å². The predicted molar refractivity (Wildman–Crippen MR) is 179 cm³/mol. The standard InChI is InChI=1S/C35H38BrN3O4S/c1-25(2)37-35(41)33(22-28-12-6-5-7-13-28)38(23-29-14-10-15-30(36)21-29)34(40)24-39(32-16-9-8-11-27(32)4)44(42,43)31-19-17-26(3)18-20-31/h5-21,25,33H,22-24H2,1-4H3,(H,37,41)/t33-/m0/s1. The molecule has 4 aromatic rings. The van der Waals surface area contributed by atoms with Gasteiger partial charge in [-0.1, -0.05) is 94.3 Å². The normalized spacial score (nSPS) is 12.0. The second-order valence-corrected chi connectivity index (χ2v) is 13.9. The van der Waals surface area contributed by atoms with E-state index in [4.69, 9.17) is 0 Å². The van der Waals surface area contributed by atoms with Gasteiger partial charge in [0.1, 0.15) is 12.6 Å². The van der Waals surface area contributed by atoms with Crippen molar-refractivity contribution in [1.29, 1.82) is 0 Å². The number of hydrogen-bond acceptors (Lipinski definition) is 4. The van der Waals surface area contributed by atoms with Gasteiger partial charge in [-0.05, 0) is 74.7 Å². The Labute approximate surface area is 269 Å². The number of rotatable bonds is 12. The highest BCUT2D eigenvalue weighted by molar-refractivity contribution is 9.10. The fourth-order valence-electron chi connectivity index (χ4n) is 4.96. The molecule has 0 aromatic heterocycles. The summed E-state index contributed by atoms with van der Waals surface area (Å²) in [4.78, 5) is 29.9. The van der Waals surface area contributed by atoms with Crippen molar-refractivity contribution in [2.75, 3.05) is 10.8 Å². The van der Waals surface area contributed by atoms with Crippen LogP contribution in [0.1, 0.15) is 36.1 Å². The van der Waals surface area contributed by atoms with E-state index in [2.05, 4.69) is 21.2 Å². The van der Waals surface area contributed by atoms with Crippen molar-refractivity contribution in [1.82, 2.24) is 10.2 Å². The number of aryl methyl sites for hydroxylation is 2. The molecule has 0 saturated carbocycles. The minimum absolute atomic E-state index is 0.0797. The molecule has 4 rings (SSSR count). The van der Waals surface area contributed by atoms with E-state index in [0.29, 0.717) is 11.3 Å². The van der Waals surface area contributed by atoms with Crippen LogP contribution in [0.25, 0.3) is 0 Å². The summed E-state index contributed by atoms with van der Waals surface area (Å²) in [6.07, 6.45) is 0.258. The molecule has 1 N–H and O–H groups in total. The van der Waals surface area contributed by atoms with Crippen LogP contribution in [0.4, 0.5) is 5.69 Å². The molecule has 2 amide bonds. The lowest BCUT2D eigenvalue weighted by molar-refractivity contribution is -0.140. The summed E-state index contributed by atoms with van der Waals surface area (Å²) in [7, 11) is -4.15. The number of sulfonamides is 1. The van der Waals surface area contributed by atoms with Crippen molar-refractivity contribution in [2.45, 2.75) is 57.6 Å². The summed E-state index contributed by atoms with van der Waals surface area (Å²) in [6, 6.07) is 29.6. The van der Waals surface area contributed by atoms with Crippen molar-refractivity contribution < 1.29 is 18.0 Å². The smallest absolute Gasteiger partial charge is 0.264 e. The molecule has 0 spiro atoms. The van der Waals surface area contributed by atoms with E-state index in [-0.39, 0.29) is 29.8 Å². The second-order valence-electron chi connectivity index (χ2n) is 11.1. The third-order valence-electron chi connectivity index (χ3n) is 7.22. The number of benzene rings is 4. The largest absolute Gasteiger partial charge is 0.352 e. The highest BCUT2D eigenvalue weighted by Gasteiger charge is 2.35. The Bertz CT molecular complexity index is 1690. The molecule has 0 heterocycles. The Balaban J connectivity index is 1.82. The molecule has 0 aliphatic carbocycles. The van der Waals surface area contributed by atoms with Crippen LogP contribution >= 0.6 is 15.9 Å². The molecule has 0 saturated heterocycles. The van der Waals surface area contributed by atoms with E-state index in [1.54, 1.807) is 36.4 Å². The zero-order valence-corrected chi connectivity index (χ0v) is 27.8. The summed E-state index contributed by atoms with van der Waals surface area (Å²) in [5.41, 5.74) is 3.70. The summed E-state index contributed by atoms with van der Waals surface area (Å²) in [6.45, 7) is 7.04. The van der Waals surface area contributed by atoms with Crippen LogP contribution in [-0.4, -0.2) is 43.8 Å². The van der Waals surface area contributed by atoms with Crippen LogP contribution < -0.4 is 9.62 Å². The Morgan fingerprint density at radius 1 is 0.818 bits per heavy atom. The summed E-state index contributed by atoms with van der Waals surface area (Å²) < 4.78 is 30.3. The van der Waals surface area contributed by atoms with Crippen LogP contribution in [0.5, 0.6) is 0 Å². The maximum atomic E-state index is 14.5. The number of anilines is 1. The van der Waals surface area contributed by atoms with Crippen LogP contribution in [0, 0.1) is 13.8 Å². The maximum absolute atomic E-state index is 14.5. The van der Waals surface area contributed by atoms with Gasteiger partial charge < -0.3 is 10.2 Å². The zero-order valence-electron chi connectivity index (χ0n) is 25.4. The first-order valence-corrected chi connectivity index (χ1v) is 16.7. The Hall–Kier alpha value is -3.95. The first-order valence-electron chi connectivity index (χ1n) is 14.5. The van der Waals surface area contributed by atoms with Crippen molar-refractivity contribution in [3.8, 4) is 0 Å². The average molecular weight is 677 g/mol. The molecule has 9 heteroatoms. The molecule has 1 atom stereocenters. The molecule has 0 unspecified atom stereocenters. The summed E-state index contributed by atoms with van der Waals surface area (Å²) in [5.74, 6) is -0.806. The van der Waals surface area contributed by atoms with Gasteiger partial charge in [0.2, 0.25) is 11.8 Å². The first-order chi connectivity index (χ1) is 21.0. The monoisotopic (exact) mass is 675 g/mol. The highest BCUT2D eigenvalue weighted by atomic mass is 79.9. The van der Waals surface area contributed by atoms with Crippen molar-refractivity contribution in [3.63, 3.8) is 0 Å². The van der Waals surface area contributed by atoms with Crippen molar-refractivity contribution in [2.24, 2.45) is 0 Å². The van der Waals surface area contributed by atoms with Crippen molar-refractivity contribution >= 4 is 43.5 Å². The summed E-state index contributed by atoms with van der Waals surface area (Å²) >= 11 is 3.51. The average Bonchev–Trinajstić information content (AvgIpc) is 2.98. The van der Waals surface area contributed by atoms with Crippen LogP contribution in [0.3, 0.4) is 0 Å². The first kappa shape index (κ1) is 33.0. The van der Waals surface area contributed by atoms with E-state index in [1.807, 2.05) is 94.4 Å². The third-order valence-corrected chi connectivity index (χ3v) is 9.48. The van der Waals surface area contributed by atoms with Gasteiger partial charge in [0.15, 0.2) is 0 Å². The SMILES string of the molecule is Cc1ccc(S(=O)(=O)N(CC(=O)N(Cc2cccc(Br)c2)[C@@H](Cc2ccccc2)C(=O)NC(C)C)c2ccccc2C)cc1. The maximum Gasteiger partial charge on any atom is 0.264 e. The molecule has 0 aliphatic rings. The lowest BCUT2D eigenvalue weighted by Crippen LogP contribution is -2.54. The highest BCUT2D eigenvalue weighted by Crippen LogP contribution is 2.28. The number of carbonyl (C=O) groups excluding carboxylic acids is 2. The molecule has 44 heavy (non-hydrogen) atoms. The minimum Gasteiger partial charge on any atom is -0.352 e. The van der Waals surface area contributed by atoms with E-state index in [1.165, 1.54) is 4.90 Å². The molecule has 0 fully saturated rings. The van der Waals surface area contributed by atoms with Gasteiger partial charge in [0.25, 0.3) is 10.0 Å². The summed E-state index contributed by atoms with van der Waals surface area (Å²) in [5, 5.41) is 2.98. The van der Waals surface area contributed by atoms with Gasteiger partial charge in [0, 0.05) is 23.5 Å². The predicted octanol–water partition coefficient (Wildman–Crippen LogP) is 6.43. The van der Waals surface area contributed by atoms with Crippen LogP contribution in [0.15, 0.2) is 112 Å². The lowest BCUT2D eigenvalue weighted by Gasteiger charge is -2.34. The van der Waals surface area contributed by atoms with Gasteiger partial charge >= 0.3 is 0 Å². The lowest BCUT2D eigenvalue weighted by atomic mass is 10.0. The number of halogens is 1. The quantitative estimate of drug-likeness (QED) is 0.188. The molecule has 0 radical (unpaired) electrons. The topological polar surface area (TPSA) is 86.8 Å². The zero-order chi connectivity index (χ0) is 31.9. The third kappa shape index (κ3) is 8.36.